The predicted octanol–water partition coefficient (Wildman–Crippen LogP) is 17.6. The van der Waals surface area contributed by atoms with E-state index in [1.165, 1.54) is 186 Å². The molecule has 3 rings (SSSR count). The minimum Gasteiger partial charge on any atom is -0.463 e. The van der Waals surface area contributed by atoms with E-state index in [1.807, 2.05) is 0 Å². The van der Waals surface area contributed by atoms with Gasteiger partial charge in [0.1, 0.15) is 92.6 Å². The van der Waals surface area contributed by atoms with E-state index >= 15 is 0 Å². The van der Waals surface area contributed by atoms with Crippen molar-refractivity contribution in [3.05, 3.63) is 12.2 Å². The predicted molar refractivity (Wildman–Crippen MR) is 453 cm³/mol. The number of phosphoric acid groups is 1. The maximum absolute atomic E-state index is 14.9. The van der Waals surface area contributed by atoms with Gasteiger partial charge >= 0.3 is 31.7 Å². The van der Waals surface area contributed by atoms with Gasteiger partial charge in [0.15, 0.2) is 24.8 Å². The van der Waals surface area contributed by atoms with Gasteiger partial charge in [-0.25, -0.2) is 4.57 Å². The molecule has 2 heterocycles. The molecule has 10 N–H and O–H groups in total. The lowest BCUT2D eigenvalue weighted by atomic mass is 9.84. The lowest BCUT2D eigenvalue weighted by molar-refractivity contribution is -0.360. The molecular weight excluding hydrogens is 1520 g/mol. The molecule has 2 saturated heterocycles. The van der Waals surface area contributed by atoms with Gasteiger partial charge in [-0.05, 0) is 51.4 Å². The summed E-state index contributed by atoms with van der Waals surface area (Å²) in [6, 6.07) is 0. The summed E-state index contributed by atoms with van der Waals surface area (Å²) in [4.78, 5) is 66.4. The molecule has 0 spiro atoms. The number of carbonyl (C=O) groups excluding carboxylic acids is 4. The molecule has 25 nitrogen and oxygen atoms in total. The van der Waals surface area contributed by atoms with Gasteiger partial charge in [0, 0.05) is 25.7 Å². The number of phosphoric ester groups is 1. The molecule has 0 radical (unpaired) electrons. The number of aliphatic hydroxyl groups excluding tert-OH is 9. The maximum atomic E-state index is 14.9. The van der Waals surface area contributed by atoms with Crippen molar-refractivity contribution in [2.45, 2.75) is 517 Å². The number of carbonyl (C=O) groups is 4. The molecule has 688 valence electrons. The van der Waals surface area contributed by atoms with Crippen LogP contribution in [-0.4, -0.2) is 205 Å². The highest BCUT2D eigenvalue weighted by atomic mass is 31.2. The first-order chi connectivity index (χ1) is 56.7. The average molecular weight is 1690 g/mol. The van der Waals surface area contributed by atoms with Gasteiger partial charge in [0.25, 0.3) is 0 Å². The molecule has 26 heteroatoms. The number of ether oxygens (including phenoxy) is 8. The molecule has 117 heavy (non-hydrogen) atoms. The summed E-state index contributed by atoms with van der Waals surface area (Å²) in [6.45, 7) is 5.61. The van der Waals surface area contributed by atoms with Crippen molar-refractivity contribution in [3.8, 4) is 0 Å². The van der Waals surface area contributed by atoms with Gasteiger partial charge < -0.3 is 88.7 Å². The first-order valence-electron chi connectivity index (χ1n) is 47.4. The van der Waals surface area contributed by atoms with Gasteiger partial charge in [0.2, 0.25) is 0 Å². The van der Waals surface area contributed by atoms with Crippen LogP contribution in [0.15, 0.2) is 12.2 Å². The summed E-state index contributed by atoms with van der Waals surface area (Å²) < 4.78 is 73.4. The Bertz CT molecular complexity index is 2480. The SMILES string of the molecule is CCCCCC/C=C\CCCCCCCCCC(=O)OC1C(O)C(O)C(OC2OC(CO)C(O)C(O)C2O)C(OP(=O)(O)OCC(COC(=O)CCCCCCCCCCCCCCCCC)OC(=O)CCCCCCCCCCCCCCC)C1OC1OC(COC(=O)CCCCCCCCCCCCCCCCC)C(O)C(O)C1O. The quantitative estimate of drug-likeness (QED) is 0.00889. The van der Waals surface area contributed by atoms with Crippen LogP contribution in [0.5, 0.6) is 0 Å². The van der Waals surface area contributed by atoms with E-state index in [-0.39, 0.29) is 25.7 Å². The highest BCUT2D eigenvalue weighted by molar-refractivity contribution is 7.47. The van der Waals surface area contributed by atoms with Crippen LogP contribution in [0.3, 0.4) is 0 Å². The van der Waals surface area contributed by atoms with E-state index in [9.17, 15) is 74.6 Å². The lowest BCUT2D eigenvalue weighted by Gasteiger charge is -2.50. The fraction of sp³-hybridized carbons (Fsp3) is 0.934. The van der Waals surface area contributed by atoms with Crippen molar-refractivity contribution in [2.75, 3.05) is 26.4 Å². The highest BCUT2D eigenvalue weighted by Crippen LogP contribution is 2.49. The van der Waals surface area contributed by atoms with Crippen molar-refractivity contribution in [3.63, 3.8) is 0 Å². The third kappa shape index (κ3) is 50.7. The van der Waals surface area contributed by atoms with Crippen molar-refractivity contribution in [1.82, 2.24) is 0 Å². The largest absolute Gasteiger partial charge is 0.472 e. The summed E-state index contributed by atoms with van der Waals surface area (Å²) in [5.41, 5.74) is 0. The second kappa shape index (κ2) is 70.5. The van der Waals surface area contributed by atoms with Crippen LogP contribution in [0.1, 0.15) is 413 Å². The highest BCUT2D eigenvalue weighted by Gasteiger charge is 2.60. The zero-order valence-corrected chi connectivity index (χ0v) is 74.2. The van der Waals surface area contributed by atoms with E-state index in [2.05, 4.69) is 39.8 Å². The molecule has 0 aromatic rings. The molecule has 0 amide bonds. The van der Waals surface area contributed by atoms with Crippen LogP contribution in [0.25, 0.3) is 0 Å². The Labute approximate surface area is 705 Å². The van der Waals surface area contributed by atoms with Gasteiger partial charge in [-0.2, -0.15) is 0 Å². The van der Waals surface area contributed by atoms with Crippen molar-refractivity contribution < 1.29 is 122 Å². The Morgan fingerprint density at radius 1 is 0.333 bits per heavy atom. The Kier molecular flexibility index (Phi) is 65.3. The van der Waals surface area contributed by atoms with Crippen LogP contribution in [0.4, 0.5) is 0 Å². The van der Waals surface area contributed by atoms with Crippen molar-refractivity contribution in [2.24, 2.45) is 0 Å². The summed E-state index contributed by atoms with van der Waals surface area (Å²) in [5, 5.41) is 102. The summed E-state index contributed by atoms with van der Waals surface area (Å²) in [7, 11) is -5.80. The molecule has 0 aromatic carbocycles. The molecule has 3 fully saturated rings. The Hall–Kier alpha value is -2.79. The number of esters is 4. The van der Waals surface area contributed by atoms with Crippen LogP contribution >= 0.6 is 7.82 Å². The first kappa shape index (κ1) is 108. The van der Waals surface area contributed by atoms with E-state index in [1.54, 1.807) is 0 Å². The van der Waals surface area contributed by atoms with Crippen LogP contribution in [0, 0.1) is 0 Å². The Balaban J connectivity index is 1.91. The topological polar surface area (TPSA) is 380 Å². The second-order valence-electron chi connectivity index (χ2n) is 33.9. The zero-order chi connectivity index (χ0) is 85.4. The molecule has 1 aliphatic carbocycles. The minimum absolute atomic E-state index is 0.0183. The maximum Gasteiger partial charge on any atom is 0.472 e. The van der Waals surface area contributed by atoms with Gasteiger partial charge in [-0.1, -0.05) is 348 Å². The molecule has 3 aliphatic rings. The van der Waals surface area contributed by atoms with Gasteiger partial charge in [0.05, 0.1) is 13.2 Å². The second-order valence-corrected chi connectivity index (χ2v) is 35.3. The number of aliphatic hydroxyl groups is 9. The fourth-order valence-electron chi connectivity index (χ4n) is 15.7. The van der Waals surface area contributed by atoms with Crippen LogP contribution < -0.4 is 0 Å². The Morgan fingerprint density at radius 2 is 0.641 bits per heavy atom. The number of rotatable bonds is 77. The molecular formula is C91H169O25P. The summed E-state index contributed by atoms with van der Waals surface area (Å²) in [6.07, 6.45) is 29.1. The zero-order valence-electron chi connectivity index (χ0n) is 73.3. The van der Waals surface area contributed by atoms with E-state index < -0.39 is 162 Å². The van der Waals surface area contributed by atoms with E-state index in [0.29, 0.717) is 32.1 Å². The van der Waals surface area contributed by atoms with Crippen LogP contribution in [-0.2, 0) is 70.7 Å². The Morgan fingerprint density at radius 3 is 1.03 bits per heavy atom. The summed E-state index contributed by atoms with van der Waals surface area (Å²) >= 11 is 0. The molecule has 1 saturated carbocycles. The van der Waals surface area contributed by atoms with E-state index in [4.69, 9.17) is 46.9 Å². The smallest absolute Gasteiger partial charge is 0.463 e. The average Bonchev–Trinajstić information content (AvgIpc) is 0.754. The third-order valence-electron chi connectivity index (χ3n) is 23.3. The standard InChI is InChI=1S/C91H169O25P/c1-5-9-13-17-21-25-29-33-36-40-43-47-51-55-59-63-74(93)107-68-71(110-76(95)65-61-57-53-49-45-39-32-28-24-20-16-12-8-4)69-109-117(105,106)116-89-87(114-90-84(103)80(99)78(97)72(67-92)111-90)83(102)82(101)86(113-77(96)66-62-58-54-50-46-42-38-35-31-27-23-19-15-11-7-3)88(89)115-91-85(104)81(100)79(98)73(112-91)70-108-75(94)64-60-56-52-48-44-41-37-34-30-26-22-18-14-10-6-2/h27,31,71-73,78-92,97-104H,5-26,28-30,32-70H2,1-4H3,(H,105,106)/b31-27-. The minimum atomic E-state index is -5.80. The molecule has 18 atom stereocenters. The molecule has 0 aromatic heterocycles. The van der Waals surface area contributed by atoms with Crippen molar-refractivity contribution >= 4 is 31.7 Å². The van der Waals surface area contributed by atoms with E-state index in [0.717, 1.165) is 141 Å². The van der Waals surface area contributed by atoms with Gasteiger partial charge in [-0.15, -0.1) is 0 Å². The molecule has 0 bridgehead atoms. The number of unbranched alkanes of at least 4 members (excludes halogenated alkanes) is 51. The summed E-state index contributed by atoms with van der Waals surface area (Å²) in [5.74, 6) is -2.95. The number of hydrogen-bond acceptors (Lipinski definition) is 24. The lowest BCUT2D eigenvalue weighted by Crippen LogP contribution is -2.70. The van der Waals surface area contributed by atoms with Gasteiger partial charge in [-0.3, -0.25) is 28.2 Å². The molecule has 2 aliphatic heterocycles. The van der Waals surface area contributed by atoms with Crippen LogP contribution in [0.2, 0.25) is 0 Å². The molecule has 18 unspecified atom stereocenters. The monoisotopic (exact) mass is 1690 g/mol. The first-order valence-corrected chi connectivity index (χ1v) is 48.9. The number of hydrogen-bond donors (Lipinski definition) is 10. The van der Waals surface area contributed by atoms with Crippen molar-refractivity contribution in [1.29, 1.82) is 0 Å². The number of allylic oxidation sites excluding steroid dienone is 2. The normalized spacial score (nSPS) is 25.0. The fourth-order valence-corrected chi connectivity index (χ4v) is 16.7. The third-order valence-corrected chi connectivity index (χ3v) is 24.3.